The van der Waals surface area contributed by atoms with Gasteiger partial charge in [-0.15, -0.1) is 0 Å². The van der Waals surface area contributed by atoms with Crippen LogP contribution in [0.3, 0.4) is 0 Å². The molecule has 2 N–H and O–H groups in total. The molecule has 5 nitrogen and oxygen atoms in total. The van der Waals surface area contributed by atoms with Crippen molar-refractivity contribution >= 4 is 0 Å². The number of ether oxygens (including phenoxy) is 1. The van der Waals surface area contributed by atoms with E-state index in [1.165, 1.54) is 5.56 Å². The first kappa shape index (κ1) is 12.5. The first-order chi connectivity index (χ1) is 8.15. The van der Waals surface area contributed by atoms with E-state index < -0.39 is 0 Å². The summed E-state index contributed by atoms with van der Waals surface area (Å²) >= 11 is 0. The monoisotopic (exact) mass is 238 g/mol. The molecule has 96 valence electrons. The Kier molecular flexibility index (Phi) is 4.15. The highest BCUT2D eigenvalue weighted by molar-refractivity contribution is 5.03. The molecule has 17 heavy (non-hydrogen) atoms. The zero-order valence-corrected chi connectivity index (χ0v) is 10.7. The number of nitrogens with two attached hydrogens (primary N) is 1. The maximum absolute atomic E-state index is 6.10. The van der Waals surface area contributed by atoms with Crippen molar-refractivity contribution < 1.29 is 4.74 Å². The van der Waals surface area contributed by atoms with Gasteiger partial charge >= 0.3 is 0 Å². The molecule has 5 heteroatoms. The molecular weight excluding hydrogens is 216 g/mol. The van der Waals surface area contributed by atoms with Gasteiger partial charge in [0.1, 0.15) is 0 Å². The van der Waals surface area contributed by atoms with Crippen molar-refractivity contribution in [1.29, 1.82) is 0 Å². The highest BCUT2D eigenvalue weighted by Crippen LogP contribution is 2.14. The van der Waals surface area contributed by atoms with Gasteiger partial charge in [0.2, 0.25) is 0 Å². The van der Waals surface area contributed by atoms with Crippen LogP contribution >= 0.6 is 0 Å². The summed E-state index contributed by atoms with van der Waals surface area (Å²) in [4.78, 5) is 2.29. The second-order valence-corrected chi connectivity index (χ2v) is 5.01. The Morgan fingerprint density at radius 1 is 1.65 bits per heavy atom. The first-order valence-corrected chi connectivity index (χ1v) is 6.14. The fourth-order valence-electron chi connectivity index (χ4n) is 2.33. The van der Waals surface area contributed by atoms with E-state index in [0.29, 0.717) is 5.92 Å². The minimum atomic E-state index is 0.278. The van der Waals surface area contributed by atoms with Gasteiger partial charge < -0.3 is 15.4 Å². The fourth-order valence-corrected chi connectivity index (χ4v) is 2.33. The topological polar surface area (TPSA) is 56.3 Å². The van der Waals surface area contributed by atoms with Crippen molar-refractivity contribution in [3.8, 4) is 0 Å². The third-order valence-corrected chi connectivity index (χ3v) is 3.29. The standard InChI is InChI=1S/C12H22N4O/c1-15(6-10-5-14-16(2)7-10)8-11-9-17-4-3-12(11)13/h5,7,11-12H,3-4,6,8-9,13H2,1-2H3. The lowest BCUT2D eigenvalue weighted by atomic mass is 9.96. The lowest BCUT2D eigenvalue weighted by Gasteiger charge is -2.31. The summed E-state index contributed by atoms with van der Waals surface area (Å²) in [5, 5.41) is 4.17. The molecule has 1 fully saturated rings. The number of aromatic nitrogens is 2. The van der Waals surface area contributed by atoms with Gasteiger partial charge in [-0.3, -0.25) is 4.68 Å². The maximum Gasteiger partial charge on any atom is 0.0534 e. The molecule has 0 aromatic carbocycles. The smallest absolute Gasteiger partial charge is 0.0534 e. The van der Waals surface area contributed by atoms with Crippen LogP contribution in [-0.2, 0) is 18.3 Å². The van der Waals surface area contributed by atoms with Gasteiger partial charge in [0.15, 0.2) is 0 Å². The van der Waals surface area contributed by atoms with Gasteiger partial charge in [0, 0.05) is 50.5 Å². The van der Waals surface area contributed by atoms with Gasteiger partial charge in [-0.2, -0.15) is 5.10 Å². The third-order valence-electron chi connectivity index (χ3n) is 3.29. The molecule has 2 heterocycles. The number of hydrogen-bond donors (Lipinski definition) is 1. The molecule has 0 amide bonds. The molecule has 1 aliphatic heterocycles. The Morgan fingerprint density at radius 3 is 3.12 bits per heavy atom. The highest BCUT2D eigenvalue weighted by atomic mass is 16.5. The predicted molar refractivity (Wildman–Crippen MR) is 66.4 cm³/mol. The lowest BCUT2D eigenvalue weighted by molar-refractivity contribution is 0.0286. The Balaban J connectivity index is 1.82. The Labute approximate surface area is 103 Å². The molecule has 2 atom stereocenters. The van der Waals surface area contributed by atoms with Crippen LogP contribution in [0.2, 0.25) is 0 Å². The van der Waals surface area contributed by atoms with Crippen LogP contribution in [-0.4, -0.2) is 47.5 Å². The van der Waals surface area contributed by atoms with E-state index in [9.17, 15) is 0 Å². The van der Waals surface area contributed by atoms with Gasteiger partial charge in [-0.1, -0.05) is 0 Å². The van der Waals surface area contributed by atoms with E-state index in [1.54, 1.807) is 0 Å². The van der Waals surface area contributed by atoms with Crippen LogP contribution < -0.4 is 5.73 Å². The molecular formula is C12H22N4O. The van der Waals surface area contributed by atoms with Gasteiger partial charge in [-0.25, -0.2) is 0 Å². The zero-order chi connectivity index (χ0) is 12.3. The van der Waals surface area contributed by atoms with E-state index in [0.717, 1.165) is 32.7 Å². The molecule has 0 radical (unpaired) electrons. The maximum atomic E-state index is 6.10. The summed E-state index contributed by atoms with van der Waals surface area (Å²) in [6.07, 6.45) is 4.94. The van der Waals surface area contributed by atoms with E-state index >= 15 is 0 Å². The normalized spacial score (nSPS) is 25.4. The average molecular weight is 238 g/mol. The van der Waals surface area contributed by atoms with E-state index in [1.807, 2.05) is 24.1 Å². The summed E-state index contributed by atoms with van der Waals surface area (Å²) in [6.45, 7) is 3.50. The van der Waals surface area contributed by atoms with Crippen molar-refractivity contribution in [2.24, 2.45) is 18.7 Å². The van der Waals surface area contributed by atoms with Crippen molar-refractivity contribution in [1.82, 2.24) is 14.7 Å². The van der Waals surface area contributed by atoms with Gasteiger partial charge in [0.05, 0.1) is 12.8 Å². The van der Waals surface area contributed by atoms with E-state index in [4.69, 9.17) is 10.5 Å². The molecule has 1 aromatic heterocycles. The molecule has 2 unspecified atom stereocenters. The Hall–Kier alpha value is -0.910. The molecule has 0 aliphatic carbocycles. The van der Waals surface area contributed by atoms with Crippen molar-refractivity contribution in [3.63, 3.8) is 0 Å². The van der Waals surface area contributed by atoms with Crippen LogP contribution in [0.5, 0.6) is 0 Å². The molecule has 1 aliphatic rings. The summed E-state index contributed by atoms with van der Waals surface area (Å²) in [5.74, 6) is 0.449. The van der Waals surface area contributed by atoms with Gasteiger partial charge in [-0.05, 0) is 13.5 Å². The molecule has 1 aromatic rings. The average Bonchev–Trinajstić information content (AvgIpc) is 2.67. The fraction of sp³-hybridized carbons (Fsp3) is 0.750. The zero-order valence-electron chi connectivity index (χ0n) is 10.7. The van der Waals surface area contributed by atoms with Crippen LogP contribution in [0.1, 0.15) is 12.0 Å². The number of aryl methyl sites for hydroxylation is 1. The van der Waals surface area contributed by atoms with E-state index in [-0.39, 0.29) is 6.04 Å². The third kappa shape index (κ3) is 3.52. The van der Waals surface area contributed by atoms with Crippen LogP contribution in [0.25, 0.3) is 0 Å². The van der Waals surface area contributed by atoms with Crippen molar-refractivity contribution in [2.75, 3.05) is 26.8 Å². The number of hydrogen-bond acceptors (Lipinski definition) is 4. The van der Waals surface area contributed by atoms with Crippen molar-refractivity contribution in [2.45, 2.75) is 19.0 Å². The van der Waals surface area contributed by atoms with Crippen molar-refractivity contribution in [3.05, 3.63) is 18.0 Å². The Morgan fingerprint density at radius 2 is 2.47 bits per heavy atom. The molecule has 0 bridgehead atoms. The number of rotatable bonds is 4. The molecule has 0 spiro atoms. The SMILES string of the molecule is CN(Cc1cnn(C)c1)CC1COCCC1N. The second kappa shape index (κ2) is 5.62. The minimum Gasteiger partial charge on any atom is -0.381 e. The summed E-state index contributed by atoms with van der Waals surface area (Å²) in [6, 6.07) is 0.278. The summed E-state index contributed by atoms with van der Waals surface area (Å²) in [7, 11) is 4.06. The Bertz CT molecular complexity index is 352. The summed E-state index contributed by atoms with van der Waals surface area (Å²) < 4.78 is 7.32. The largest absolute Gasteiger partial charge is 0.381 e. The highest BCUT2D eigenvalue weighted by Gasteiger charge is 2.23. The predicted octanol–water partition coefficient (Wildman–Crippen LogP) is 0.216. The van der Waals surface area contributed by atoms with Crippen LogP contribution in [0.4, 0.5) is 0 Å². The second-order valence-electron chi connectivity index (χ2n) is 5.01. The van der Waals surface area contributed by atoms with E-state index in [2.05, 4.69) is 17.0 Å². The molecule has 1 saturated heterocycles. The quantitative estimate of drug-likeness (QED) is 0.815. The lowest BCUT2D eigenvalue weighted by Crippen LogP contribution is -2.44. The number of nitrogens with zero attached hydrogens (tertiary/aromatic N) is 3. The first-order valence-electron chi connectivity index (χ1n) is 6.14. The van der Waals surface area contributed by atoms with Crippen LogP contribution in [0.15, 0.2) is 12.4 Å². The molecule has 0 saturated carbocycles. The summed E-state index contributed by atoms with van der Waals surface area (Å²) in [5.41, 5.74) is 7.34. The van der Waals surface area contributed by atoms with Gasteiger partial charge in [0.25, 0.3) is 0 Å². The minimum absolute atomic E-state index is 0.278. The molecule has 2 rings (SSSR count). The van der Waals surface area contributed by atoms with Crippen LogP contribution in [0, 0.1) is 5.92 Å².